The molecule has 27 heavy (non-hydrogen) atoms. The molecule has 1 saturated heterocycles. The van der Waals surface area contributed by atoms with Crippen LogP contribution in [0.5, 0.6) is 11.5 Å². The molecule has 1 aliphatic heterocycles. The minimum Gasteiger partial charge on any atom is -0.497 e. The lowest BCUT2D eigenvalue weighted by molar-refractivity contribution is 0.359. The summed E-state index contributed by atoms with van der Waals surface area (Å²) in [6.45, 7) is 0.117. The van der Waals surface area contributed by atoms with Crippen molar-refractivity contribution in [2.24, 2.45) is 0 Å². The van der Waals surface area contributed by atoms with E-state index in [1.165, 1.54) is 14.2 Å². The normalized spacial score (nSPS) is 17.9. The van der Waals surface area contributed by atoms with Crippen molar-refractivity contribution in [2.75, 3.05) is 20.8 Å². The molecule has 0 amide bonds. The van der Waals surface area contributed by atoms with E-state index in [1.54, 1.807) is 18.2 Å². The zero-order valence-corrected chi connectivity index (χ0v) is 15.5. The maximum absolute atomic E-state index is 14.1. The van der Waals surface area contributed by atoms with Crippen LogP contribution in [0.25, 0.3) is 0 Å². The molecular weight excluding hydrogens is 383 g/mol. The largest absolute Gasteiger partial charge is 0.497 e. The van der Waals surface area contributed by atoms with Crippen LogP contribution >= 0.6 is 0 Å². The van der Waals surface area contributed by atoms with E-state index in [0.717, 1.165) is 10.4 Å². The summed E-state index contributed by atoms with van der Waals surface area (Å²) in [6, 6.07) is 5.66. The first-order valence-electron chi connectivity index (χ1n) is 8.18. The average Bonchev–Trinajstić information content (AvgIpc) is 3.16. The molecule has 0 saturated carbocycles. The molecule has 2 aromatic rings. The molecule has 0 spiro atoms. The molecule has 0 radical (unpaired) electrons. The fraction of sp³-hybridized carbons (Fsp3) is 0.333. The zero-order chi connectivity index (χ0) is 19.8. The van der Waals surface area contributed by atoms with Gasteiger partial charge in [-0.25, -0.2) is 21.6 Å². The third-order valence-electron chi connectivity index (χ3n) is 4.59. The second kappa shape index (κ2) is 7.40. The van der Waals surface area contributed by atoms with E-state index in [9.17, 15) is 21.6 Å². The second-order valence-corrected chi connectivity index (χ2v) is 7.91. The van der Waals surface area contributed by atoms with E-state index in [0.29, 0.717) is 36.0 Å². The predicted molar refractivity (Wildman–Crippen MR) is 91.7 cm³/mol. The lowest BCUT2D eigenvalue weighted by atomic mass is 10.0. The van der Waals surface area contributed by atoms with Gasteiger partial charge in [0.25, 0.3) is 0 Å². The van der Waals surface area contributed by atoms with E-state index in [2.05, 4.69) is 0 Å². The highest BCUT2D eigenvalue weighted by molar-refractivity contribution is 7.89. The number of methoxy groups -OCH3 is 2. The SMILES string of the molecule is COc1ccc(OC)c(C2CCCN2S(=O)(=O)c2ccc(F)c(F)c2F)c1. The molecule has 1 aliphatic rings. The van der Waals surface area contributed by atoms with Crippen molar-refractivity contribution in [2.45, 2.75) is 23.8 Å². The summed E-state index contributed by atoms with van der Waals surface area (Å²) in [5.74, 6) is -4.02. The maximum Gasteiger partial charge on any atom is 0.246 e. The molecule has 1 atom stereocenters. The van der Waals surface area contributed by atoms with Crippen molar-refractivity contribution in [3.05, 3.63) is 53.3 Å². The van der Waals surface area contributed by atoms with Crippen LogP contribution in [0.2, 0.25) is 0 Å². The number of halogens is 3. The molecule has 2 aromatic carbocycles. The van der Waals surface area contributed by atoms with Gasteiger partial charge in [-0.2, -0.15) is 4.31 Å². The van der Waals surface area contributed by atoms with Crippen LogP contribution in [0.1, 0.15) is 24.4 Å². The zero-order valence-electron chi connectivity index (χ0n) is 14.7. The Hall–Kier alpha value is -2.26. The minimum absolute atomic E-state index is 0.117. The molecule has 9 heteroatoms. The molecule has 0 aromatic heterocycles. The van der Waals surface area contributed by atoms with Crippen LogP contribution in [0.3, 0.4) is 0 Å². The first kappa shape index (κ1) is 19.5. The Kier molecular flexibility index (Phi) is 5.34. The highest BCUT2D eigenvalue weighted by atomic mass is 32.2. The van der Waals surface area contributed by atoms with Gasteiger partial charge >= 0.3 is 0 Å². The molecule has 146 valence electrons. The number of rotatable bonds is 5. The molecule has 0 N–H and O–H groups in total. The van der Waals surface area contributed by atoms with Crippen LogP contribution in [0, 0.1) is 17.5 Å². The fourth-order valence-corrected chi connectivity index (χ4v) is 5.00. The first-order chi connectivity index (χ1) is 12.8. The lowest BCUT2D eigenvalue weighted by Crippen LogP contribution is -2.31. The van der Waals surface area contributed by atoms with E-state index in [1.807, 2.05) is 0 Å². The van der Waals surface area contributed by atoms with Gasteiger partial charge in [-0.3, -0.25) is 0 Å². The smallest absolute Gasteiger partial charge is 0.246 e. The van der Waals surface area contributed by atoms with Crippen LogP contribution in [-0.2, 0) is 10.0 Å². The van der Waals surface area contributed by atoms with Crippen LogP contribution < -0.4 is 9.47 Å². The van der Waals surface area contributed by atoms with E-state index >= 15 is 0 Å². The van der Waals surface area contributed by atoms with Crippen LogP contribution in [-0.4, -0.2) is 33.5 Å². The van der Waals surface area contributed by atoms with Gasteiger partial charge in [-0.05, 0) is 43.2 Å². The summed E-state index contributed by atoms with van der Waals surface area (Å²) in [5.41, 5.74) is 0.556. The Balaban J connectivity index is 2.08. The molecule has 1 unspecified atom stereocenters. The van der Waals surface area contributed by atoms with E-state index in [-0.39, 0.29) is 6.54 Å². The molecule has 3 rings (SSSR count). The van der Waals surface area contributed by atoms with Crippen molar-refractivity contribution in [3.63, 3.8) is 0 Å². The van der Waals surface area contributed by atoms with Crippen molar-refractivity contribution < 1.29 is 31.1 Å². The number of hydrogen-bond donors (Lipinski definition) is 0. The van der Waals surface area contributed by atoms with Crippen LogP contribution in [0.15, 0.2) is 35.2 Å². The van der Waals surface area contributed by atoms with Crippen LogP contribution in [0.4, 0.5) is 13.2 Å². The first-order valence-corrected chi connectivity index (χ1v) is 9.62. The molecule has 1 fully saturated rings. The van der Waals surface area contributed by atoms with E-state index in [4.69, 9.17) is 9.47 Å². The quantitative estimate of drug-likeness (QED) is 0.718. The Labute approximate surface area is 155 Å². The summed E-state index contributed by atoms with van der Waals surface area (Å²) in [5, 5.41) is 0. The summed E-state index contributed by atoms with van der Waals surface area (Å²) in [6.07, 6.45) is 0.990. The number of benzene rings is 2. The molecule has 5 nitrogen and oxygen atoms in total. The van der Waals surface area contributed by atoms with Gasteiger partial charge in [0.15, 0.2) is 17.5 Å². The summed E-state index contributed by atoms with van der Waals surface area (Å²) < 4.78 is 78.5. The number of hydrogen-bond acceptors (Lipinski definition) is 4. The van der Waals surface area contributed by atoms with Crippen molar-refractivity contribution in [1.82, 2.24) is 4.31 Å². The standard InChI is InChI=1S/C18H18F3NO4S/c1-25-11-5-7-15(26-2)12(10-11)14-4-3-9-22(14)27(23,24)16-8-6-13(19)17(20)18(16)21/h5-8,10,14H,3-4,9H2,1-2H3. The highest BCUT2D eigenvalue weighted by Gasteiger charge is 2.39. The van der Waals surface area contributed by atoms with E-state index < -0.39 is 38.4 Å². The van der Waals surface area contributed by atoms with Crippen molar-refractivity contribution in [3.8, 4) is 11.5 Å². The maximum atomic E-state index is 14.1. The minimum atomic E-state index is -4.40. The monoisotopic (exact) mass is 401 g/mol. The van der Waals surface area contributed by atoms with Gasteiger partial charge < -0.3 is 9.47 Å². The number of ether oxygens (including phenoxy) is 2. The summed E-state index contributed by atoms with van der Waals surface area (Å²) >= 11 is 0. The molecule has 0 aliphatic carbocycles. The Bertz CT molecular complexity index is 965. The highest BCUT2D eigenvalue weighted by Crippen LogP contribution is 2.42. The number of sulfonamides is 1. The van der Waals surface area contributed by atoms with Gasteiger partial charge in [-0.1, -0.05) is 0 Å². The summed E-state index contributed by atoms with van der Waals surface area (Å²) in [7, 11) is -1.47. The van der Waals surface area contributed by atoms with Gasteiger partial charge in [0.1, 0.15) is 16.4 Å². The Morgan fingerprint density at radius 1 is 1.04 bits per heavy atom. The predicted octanol–water partition coefficient (Wildman–Crippen LogP) is 3.65. The van der Waals surface area contributed by atoms with Gasteiger partial charge in [0, 0.05) is 12.1 Å². The fourth-order valence-electron chi connectivity index (χ4n) is 3.27. The topological polar surface area (TPSA) is 55.8 Å². The Morgan fingerprint density at radius 3 is 2.44 bits per heavy atom. The van der Waals surface area contributed by atoms with Crippen molar-refractivity contribution in [1.29, 1.82) is 0 Å². The lowest BCUT2D eigenvalue weighted by Gasteiger charge is -2.26. The summed E-state index contributed by atoms with van der Waals surface area (Å²) in [4.78, 5) is -0.893. The Morgan fingerprint density at radius 2 is 1.78 bits per heavy atom. The third-order valence-corrected chi connectivity index (χ3v) is 6.51. The molecule has 1 heterocycles. The van der Waals surface area contributed by atoms with Gasteiger partial charge in [-0.15, -0.1) is 0 Å². The number of nitrogens with zero attached hydrogens (tertiary/aromatic N) is 1. The molecular formula is C18H18F3NO4S. The molecule has 0 bridgehead atoms. The van der Waals surface area contributed by atoms with Gasteiger partial charge in [0.2, 0.25) is 10.0 Å². The van der Waals surface area contributed by atoms with Gasteiger partial charge in [0.05, 0.1) is 20.3 Å². The second-order valence-electron chi connectivity index (χ2n) is 6.06. The third kappa shape index (κ3) is 3.37. The average molecular weight is 401 g/mol. The van der Waals surface area contributed by atoms with Crippen molar-refractivity contribution >= 4 is 10.0 Å².